The number of aromatic nitrogens is 1. The minimum absolute atomic E-state index is 0.137. The van der Waals surface area contributed by atoms with Crippen LogP contribution in [0.15, 0.2) is 36.5 Å². The summed E-state index contributed by atoms with van der Waals surface area (Å²) < 4.78 is 0. The molecule has 0 aliphatic carbocycles. The molecule has 0 atom stereocenters. The van der Waals surface area contributed by atoms with Gasteiger partial charge >= 0.3 is 0 Å². The smallest absolute Gasteiger partial charge is 0.259 e. The summed E-state index contributed by atoms with van der Waals surface area (Å²) in [6, 6.07) is 9.38. The fourth-order valence-electron chi connectivity index (χ4n) is 2.10. The van der Waals surface area contributed by atoms with E-state index in [1.165, 1.54) is 0 Å². The number of benzene rings is 1. The van der Waals surface area contributed by atoms with Gasteiger partial charge in [0.05, 0.1) is 10.6 Å². The van der Waals surface area contributed by atoms with Gasteiger partial charge in [-0.25, -0.2) is 4.98 Å². The Morgan fingerprint density at radius 2 is 2.10 bits per heavy atom. The first-order valence-corrected chi connectivity index (χ1v) is 7.15. The number of nitrogens with one attached hydrogen (secondary N) is 1. The van der Waals surface area contributed by atoms with Crippen LogP contribution in [0.25, 0.3) is 0 Å². The molecule has 0 bridgehead atoms. The molecule has 0 saturated carbocycles. The fourth-order valence-corrected chi connectivity index (χ4v) is 2.33. The molecule has 0 aliphatic rings. The number of nitrogens with zero attached hydrogens (tertiary/aromatic N) is 2. The molecule has 1 aromatic carbocycles. The molecule has 2 aromatic rings. The lowest BCUT2D eigenvalue weighted by molar-refractivity contribution is 0.0992. The number of aryl methyl sites for hydroxylation is 1. The zero-order chi connectivity index (χ0) is 15.4. The van der Waals surface area contributed by atoms with E-state index in [1.807, 2.05) is 38.1 Å². The van der Waals surface area contributed by atoms with Crippen molar-refractivity contribution >= 4 is 29.0 Å². The zero-order valence-corrected chi connectivity index (χ0v) is 13.1. The molecule has 1 heterocycles. The summed E-state index contributed by atoms with van der Waals surface area (Å²) in [7, 11) is 1.75. The van der Waals surface area contributed by atoms with Gasteiger partial charge in [0.1, 0.15) is 5.82 Å². The zero-order valence-electron chi connectivity index (χ0n) is 12.4. The van der Waals surface area contributed by atoms with Crippen LogP contribution in [0.3, 0.4) is 0 Å². The number of para-hydroxylation sites is 1. The summed E-state index contributed by atoms with van der Waals surface area (Å²) in [4.78, 5) is 18.3. The third-order valence-corrected chi connectivity index (χ3v) is 3.50. The van der Waals surface area contributed by atoms with Gasteiger partial charge in [-0.15, -0.1) is 0 Å². The molecular formula is C16H18ClN3O. The van der Waals surface area contributed by atoms with Gasteiger partial charge in [0, 0.05) is 25.5 Å². The van der Waals surface area contributed by atoms with Crippen molar-refractivity contribution in [1.29, 1.82) is 0 Å². The number of amides is 1. The van der Waals surface area contributed by atoms with Crippen LogP contribution < -0.4 is 10.2 Å². The van der Waals surface area contributed by atoms with Crippen LogP contribution in [-0.2, 0) is 0 Å². The Kier molecular flexibility index (Phi) is 4.81. The molecule has 0 fully saturated rings. The van der Waals surface area contributed by atoms with Crippen molar-refractivity contribution in [3.05, 3.63) is 52.7 Å². The van der Waals surface area contributed by atoms with E-state index in [-0.39, 0.29) is 5.91 Å². The first kappa shape index (κ1) is 15.3. The van der Waals surface area contributed by atoms with Crippen molar-refractivity contribution in [2.45, 2.75) is 13.8 Å². The quantitative estimate of drug-likeness (QED) is 0.935. The SMILES string of the molecule is CCNc1ncc(C(=O)N(C)c2ccccc2C)cc1Cl. The van der Waals surface area contributed by atoms with Crippen LogP contribution in [0.4, 0.5) is 11.5 Å². The second-order valence-corrected chi connectivity index (χ2v) is 5.14. The van der Waals surface area contributed by atoms with E-state index in [0.717, 1.165) is 17.8 Å². The number of rotatable bonds is 4. The van der Waals surface area contributed by atoms with Crippen LogP contribution in [0.1, 0.15) is 22.8 Å². The molecule has 21 heavy (non-hydrogen) atoms. The Bertz CT molecular complexity index is 658. The molecule has 0 unspecified atom stereocenters. The Morgan fingerprint density at radius 1 is 1.38 bits per heavy atom. The largest absolute Gasteiger partial charge is 0.369 e. The van der Waals surface area contributed by atoms with E-state index in [1.54, 1.807) is 24.2 Å². The van der Waals surface area contributed by atoms with E-state index in [4.69, 9.17) is 11.6 Å². The van der Waals surface area contributed by atoms with Crippen LogP contribution >= 0.6 is 11.6 Å². The molecule has 1 amide bonds. The Labute approximate surface area is 129 Å². The molecule has 110 valence electrons. The summed E-state index contributed by atoms with van der Waals surface area (Å²) in [5.74, 6) is 0.455. The van der Waals surface area contributed by atoms with E-state index < -0.39 is 0 Å². The minimum atomic E-state index is -0.137. The average molecular weight is 304 g/mol. The van der Waals surface area contributed by atoms with E-state index >= 15 is 0 Å². The standard InChI is InChI=1S/C16H18ClN3O/c1-4-18-15-13(17)9-12(10-19-15)16(21)20(3)14-8-6-5-7-11(14)2/h5-10H,4H2,1-3H3,(H,18,19). The van der Waals surface area contributed by atoms with Gasteiger partial charge in [0.2, 0.25) is 0 Å². The highest BCUT2D eigenvalue weighted by molar-refractivity contribution is 6.33. The second-order valence-electron chi connectivity index (χ2n) is 4.74. The van der Waals surface area contributed by atoms with Crippen LogP contribution in [0.5, 0.6) is 0 Å². The number of halogens is 1. The molecule has 1 N–H and O–H groups in total. The molecular weight excluding hydrogens is 286 g/mol. The lowest BCUT2D eigenvalue weighted by Gasteiger charge is -2.19. The van der Waals surface area contributed by atoms with Gasteiger partial charge in [-0.05, 0) is 31.5 Å². The van der Waals surface area contributed by atoms with Crippen LogP contribution in [0.2, 0.25) is 5.02 Å². The molecule has 4 nitrogen and oxygen atoms in total. The molecule has 1 aromatic heterocycles. The van der Waals surface area contributed by atoms with Crippen molar-refractivity contribution in [3.8, 4) is 0 Å². The topological polar surface area (TPSA) is 45.2 Å². The fraction of sp³-hybridized carbons (Fsp3) is 0.250. The first-order chi connectivity index (χ1) is 10.0. The summed E-state index contributed by atoms with van der Waals surface area (Å²) >= 11 is 6.14. The lowest BCUT2D eigenvalue weighted by atomic mass is 10.1. The molecule has 0 spiro atoms. The highest BCUT2D eigenvalue weighted by atomic mass is 35.5. The van der Waals surface area contributed by atoms with Crippen molar-refractivity contribution in [1.82, 2.24) is 4.98 Å². The highest BCUT2D eigenvalue weighted by Crippen LogP contribution is 2.23. The van der Waals surface area contributed by atoms with Gasteiger partial charge in [0.25, 0.3) is 5.91 Å². The summed E-state index contributed by atoms with van der Waals surface area (Å²) in [5.41, 5.74) is 2.37. The molecule has 2 rings (SSSR count). The molecule has 0 aliphatic heterocycles. The number of pyridine rings is 1. The summed E-state index contributed by atoms with van der Waals surface area (Å²) in [5, 5.41) is 3.49. The van der Waals surface area contributed by atoms with Crippen LogP contribution in [-0.4, -0.2) is 24.5 Å². The van der Waals surface area contributed by atoms with Crippen molar-refractivity contribution in [2.75, 3.05) is 23.8 Å². The van der Waals surface area contributed by atoms with Gasteiger partial charge in [0.15, 0.2) is 0 Å². The second kappa shape index (κ2) is 6.59. The van der Waals surface area contributed by atoms with Crippen molar-refractivity contribution in [2.24, 2.45) is 0 Å². The maximum Gasteiger partial charge on any atom is 0.259 e. The predicted molar refractivity (Wildman–Crippen MR) is 87.3 cm³/mol. The average Bonchev–Trinajstić information content (AvgIpc) is 2.48. The minimum Gasteiger partial charge on any atom is -0.369 e. The van der Waals surface area contributed by atoms with Gasteiger partial charge in [-0.1, -0.05) is 29.8 Å². The monoisotopic (exact) mass is 303 g/mol. The summed E-state index contributed by atoms with van der Waals surface area (Å²) in [6.07, 6.45) is 1.54. The van der Waals surface area contributed by atoms with E-state index in [9.17, 15) is 4.79 Å². The number of carbonyl (C=O) groups excluding carboxylic acids is 1. The van der Waals surface area contributed by atoms with Crippen molar-refractivity contribution in [3.63, 3.8) is 0 Å². The Hall–Kier alpha value is -2.07. The third kappa shape index (κ3) is 3.34. The van der Waals surface area contributed by atoms with Crippen LogP contribution in [0, 0.1) is 6.92 Å². The molecule has 5 heteroatoms. The Morgan fingerprint density at radius 3 is 2.71 bits per heavy atom. The Balaban J connectivity index is 2.28. The maximum atomic E-state index is 12.5. The van der Waals surface area contributed by atoms with E-state index in [0.29, 0.717) is 16.4 Å². The number of hydrogen-bond donors (Lipinski definition) is 1. The third-order valence-electron chi connectivity index (χ3n) is 3.21. The lowest BCUT2D eigenvalue weighted by Crippen LogP contribution is -2.27. The number of hydrogen-bond acceptors (Lipinski definition) is 3. The highest BCUT2D eigenvalue weighted by Gasteiger charge is 2.16. The van der Waals surface area contributed by atoms with Crippen molar-refractivity contribution < 1.29 is 4.79 Å². The molecule has 0 saturated heterocycles. The van der Waals surface area contributed by atoms with Gasteiger partial charge < -0.3 is 10.2 Å². The number of anilines is 2. The van der Waals surface area contributed by atoms with Gasteiger partial charge in [-0.3, -0.25) is 4.79 Å². The number of carbonyl (C=O) groups is 1. The summed E-state index contributed by atoms with van der Waals surface area (Å²) in [6.45, 7) is 4.66. The first-order valence-electron chi connectivity index (χ1n) is 6.77. The maximum absolute atomic E-state index is 12.5. The van der Waals surface area contributed by atoms with Gasteiger partial charge in [-0.2, -0.15) is 0 Å². The molecule has 0 radical (unpaired) electrons. The predicted octanol–water partition coefficient (Wildman–Crippen LogP) is 3.75. The van der Waals surface area contributed by atoms with E-state index in [2.05, 4.69) is 10.3 Å². The normalized spacial score (nSPS) is 10.3.